The van der Waals surface area contributed by atoms with Crippen LogP contribution in [0.5, 0.6) is 5.75 Å². The molecule has 0 radical (unpaired) electrons. The van der Waals surface area contributed by atoms with Crippen LogP contribution in [-0.4, -0.2) is 23.7 Å². The van der Waals surface area contributed by atoms with Crippen LogP contribution in [0.15, 0.2) is 54.6 Å². The summed E-state index contributed by atoms with van der Waals surface area (Å²) < 4.78 is 19.9. The van der Waals surface area contributed by atoms with Crippen molar-refractivity contribution < 1.29 is 14.4 Å². The highest BCUT2D eigenvalue weighted by Gasteiger charge is 2.47. The Hall–Kier alpha value is -2.01. The Morgan fingerprint density at radius 3 is 2.33 bits per heavy atom. The normalized spacial score (nSPS) is 24.4. The molecule has 0 saturated heterocycles. The molecule has 0 amide bonds. The van der Waals surface area contributed by atoms with E-state index in [1.807, 2.05) is 54.6 Å². The number of aliphatic hydroxyl groups is 1. The van der Waals surface area contributed by atoms with Crippen molar-refractivity contribution in [3.8, 4) is 17.6 Å². The summed E-state index contributed by atoms with van der Waals surface area (Å²) in [6, 6.07) is 16.9. The number of rotatable bonds is 5. The lowest BCUT2D eigenvalue weighted by Crippen LogP contribution is -2.38. The SMILES string of the molecule is COc1ccc(C#C[C@@H](O)[P@](=O)(c2ccccc2)[C@@H]2C[C@H](C)CC[C@H]2C(C)C)cc1. The average Bonchev–Trinajstić information content (AvgIpc) is 2.77. The van der Waals surface area contributed by atoms with Crippen LogP contribution in [0.3, 0.4) is 0 Å². The first-order chi connectivity index (χ1) is 14.4. The van der Waals surface area contributed by atoms with Crippen LogP contribution in [0, 0.1) is 29.6 Å². The van der Waals surface area contributed by atoms with Crippen LogP contribution >= 0.6 is 7.14 Å². The van der Waals surface area contributed by atoms with Crippen LogP contribution in [0.25, 0.3) is 0 Å². The smallest absolute Gasteiger partial charge is 0.172 e. The lowest BCUT2D eigenvalue weighted by atomic mass is 9.77. The van der Waals surface area contributed by atoms with E-state index in [9.17, 15) is 9.67 Å². The molecule has 3 nitrogen and oxygen atoms in total. The van der Waals surface area contributed by atoms with Crippen molar-refractivity contribution in [2.45, 2.75) is 51.5 Å². The van der Waals surface area contributed by atoms with Crippen molar-refractivity contribution in [1.29, 1.82) is 0 Å². The molecule has 2 aromatic rings. The second-order valence-corrected chi connectivity index (χ2v) is 11.9. The molecule has 160 valence electrons. The predicted molar refractivity (Wildman–Crippen MR) is 125 cm³/mol. The Balaban J connectivity index is 2.02. The van der Waals surface area contributed by atoms with Crippen molar-refractivity contribution in [2.24, 2.45) is 17.8 Å². The molecule has 4 heteroatoms. The van der Waals surface area contributed by atoms with Gasteiger partial charge in [0.05, 0.1) is 7.11 Å². The van der Waals surface area contributed by atoms with E-state index >= 15 is 0 Å². The summed E-state index contributed by atoms with van der Waals surface area (Å²) in [5, 5.41) is 12.0. The molecular formula is C26H33O3P. The first-order valence-corrected chi connectivity index (χ1v) is 12.7. The van der Waals surface area contributed by atoms with Crippen LogP contribution in [0.2, 0.25) is 0 Å². The monoisotopic (exact) mass is 424 g/mol. The van der Waals surface area contributed by atoms with E-state index in [2.05, 4.69) is 32.6 Å². The summed E-state index contributed by atoms with van der Waals surface area (Å²) in [6.45, 7) is 6.64. The molecular weight excluding hydrogens is 391 g/mol. The minimum atomic E-state index is -3.18. The van der Waals surface area contributed by atoms with Gasteiger partial charge in [0.2, 0.25) is 0 Å². The fourth-order valence-electron chi connectivity index (χ4n) is 4.69. The summed E-state index contributed by atoms with van der Waals surface area (Å²) >= 11 is 0. The fraction of sp³-hybridized carbons (Fsp3) is 0.462. The second kappa shape index (κ2) is 9.86. The van der Waals surface area contributed by atoms with Gasteiger partial charge in [-0.15, -0.1) is 0 Å². The van der Waals surface area contributed by atoms with Crippen molar-refractivity contribution in [3.05, 3.63) is 60.2 Å². The molecule has 0 bridgehead atoms. The number of methoxy groups -OCH3 is 1. The molecule has 0 spiro atoms. The van der Waals surface area contributed by atoms with Crippen LogP contribution in [0.1, 0.15) is 45.6 Å². The average molecular weight is 425 g/mol. The third-order valence-corrected chi connectivity index (χ3v) is 9.98. The first-order valence-electron chi connectivity index (χ1n) is 10.8. The Bertz CT molecular complexity index is 924. The highest BCUT2D eigenvalue weighted by molar-refractivity contribution is 7.73. The fourth-order valence-corrected chi connectivity index (χ4v) is 8.34. The Morgan fingerprint density at radius 1 is 1.07 bits per heavy atom. The Morgan fingerprint density at radius 2 is 1.73 bits per heavy atom. The molecule has 2 aromatic carbocycles. The minimum absolute atomic E-state index is 0.0520. The molecule has 5 atom stereocenters. The molecule has 0 unspecified atom stereocenters. The summed E-state index contributed by atoms with van der Waals surface area (Å²) in [7, 11) is -1.56. The van der Waals surface area contributed by atoms with Gasteiger partial charge in [-0.05, 0) is 54.9 Å². The third-order valence-electron chi connectivity index (χ3n) is 6.44. The van der Waals surface area contributed by atoms with E-state index in [4.69, 9.17) is 4.74 Å². The maximum absolute atomic E-state index is 14.7. The highest BCUT2D eigenvalue weighted by Crippen LogP contribution is 2.61. The van der Waals surface area contributed by atoms with Gasteiger partial charge >= 0.3 is 0 Å². The second-order valence-electron chi connectivity index (χ2n) is 8.81. The van der Waals surface area contributed by atoms with Gasteiger partial charge in [-0.25, -0.2) is 0 Å². The summed E-state index contributed by atoms with van der Waals surface area (Å²) in [5.74, 6) is 6.81. The van der Waals surface area contributed by atoms with Gasteiger partial charge in [-0.2, -0.15) is 0 Å². The van der Waals surface area contributed by atoms with Gasteiger partial charge in [-0.1, -0.05) is 69.4 Å². The summed E-state index contributed by atoms with van der Waals surface area (Å²) in [4.78, 5) is 0. The topological polar surface area (TPSA) is 46.5 Å². The van der Waals surface area contributed by atoms with E-state index in [0.29, 0.717) is 17.8 Å². The van der Waals surface area contributed by atoms with Crippen LogP contribution in [-0.2, 0) is 4.57 Å². The van der Waals surface area contributed by atoms with Gasteiger partial charge in [0.15, 0.2) is 13.0 Å². The summed E-state index contributed by atoms with van der Waals surface area (Å²) in [6.07, 6.45) is 3.08. The maximum atomic E-state index is 14.7. The molecule has 0 heterocycles. The zero-order valence-electron chi connectivity index (χ0n) is 18.4. The van der Waals surface area contributed by atoms with Crippen molar-refractivity contribution in [3.63, 3.8) is 0 Å². The number of aliphatic hydroxyl groups excluding tert-OH is 1. The molecule has 3 rings (SSSR count). The number of ether oxygens (including phenoxy) is 1. The van der Waals surface area contributed by atoms with E-state index < -0.39 is 13.0 Å². The van der Waals surface area contributed by atoms with Crippen LogP contribution < -0.4 is 10.0 Å². The third kappa shape index (κ3) is 4.83. The zero-order chi connectivity index (χ0) is 21.7. The van der Waals surface area contributed by atoms with Gasteiger partial charge < -0.3 is 14.4 Å². The van der Waals surface area contributed by atoms with Crippen LogP contribution in [0.4, 0.5) is 0 Å². The predicted octanol–water partition coefficient (Wildman–Crippen LogP) is 5.51. The molecule has 0 aromatic heterocycles. The summed E-state index contributed by atoms with van der Waals surface area (Å²) in [5.41, 5.74) is 0.718. The zero-order valence-corrected chi connectivity index (χ0v) is 19.3. The molecule has 0 aliphatic heterocycles. The molecule has 1 fully saturated rings. The van der Waals surface area contributed by atoms with E-state index in [1.54, 1.807) is 7.11 Å². The highest BCUT2D eigenvalue weighted by atomic mass is 31.2. The maximum Gasteiger partial charge on any atom is 0.172 e. The first kappa shape index (κ1) is 22.7. The molecule has 1 aliphatic rings. The van der Waals surface area contributed by atoms with Gasteiger partial charge in [0, 0.05) is 16.5 Å². The van der Waals surface area contributed by atoms with E-state index in [1.165, 1.54) is 0 Å². The van der Waals surface area contributed by atoms with Gasteiger partial charge in [0.25, 0.3) is 0 Å². The molecule has 1 N–H and O–H groups in total. The Labute approximate surface area is 181 Å². The lowest BCUT2D eigenvalue weighted by molar-refractivity contribution is 0.227. The van der Waals surface area contributed by atoms with Gasteiger partial charge in [-0.3, -0.25) is 0 Å². The van der Waals surface area contributed by atoms with Crippen molar-refractivity contribution in [1.82, 2.24) is 0 Å². The number of hydrogen-bond acceptors (Lipinski definition) is 3. The molecule has 1 saturated carbocycles. The largest absolute Gasteiger partial charge is 0.497 e. The Kier molecular flexibility index (Phi) is 7.45. The van der Waals surface area contributed by atoms with Crippen molar-refractivity contribution >= 4 is 12.4 Å². The number of hydrogen-bond donors (Lipinski definition) is 1. The van der Waals surface area contributed by atoms with E-state index in [0.717, 1.165) is 35.9 Å². The number of benzene rings is 2. The lowest BCUT2D eigenvalue weighted by Gasteiger charge is -2.42. The quantitative estimate of drug-likeness (QED) is 0.508. The molecule has 1 aliphatic carbocycles. The standard InChI is InChI=1S/C26H33O3P/c1-19(2)24-16-10-20(3)18-25(24)30(28,23-8-6-5-7-9-23)26(27)17-13-21-11-14-22(29-4)15-12-21/h5-9,11-12,14-15,19-20,24-27H,10,16,18H2,1-4H3/t20-,24+,25-,26+,30+/m1/s1. The molecule has 30 heavy (non-hydrogen) atoms. The minimum Gasteiger partial charge on any atom is -0.497 e. The van der Waals surface area contributed by atoms with E-state index in [-0.39, 0.29) is 5.66 Å². The van der Waals surface area contributed by atoms with Gasteiger partial charge in [0.1, 0.15) is 5.75 Å². The van der Waals surface area contributed by atoms with Crippen molar-refractivity contribution in [2.75, 3.05) is 7.11 Å².